The van der Waals surface area contributed by atoms with Gasteiger partial charge in [-0.05, 0) is 95.3 Å². The molecule has 0 spiro atoms. The van der Waals surface area contributed by atoms with E-state index in [2.05, 4.69) is 6.58 Å². The maximum Gasteiger partial charge on any atom is 0.333 e. The molecule has 4 rings (SSSR count). The van der Waals surface area contributed by atoms with Gasteiger partial charge in [0.05, 0.1) is 0 Å². The monoisotopic (exact) mass is 290 g/mol. The van der Waals surface area contributed by atoms with Gasteiger partial charge in [0.25, 0.3) is 0 Å². The van der Waals surface area contributed by atoms with E-state index in [0.29, 0.717) is 11.0 Å². The predicted molar refractivity (Wildman–Crippen MR) is 84.8 cm³/mol. The zero-order valence-electron chi connectivity index (χ0n) is 13.9. The molecule has 4 aliphatic rings. The van der Waals surface area contributed by atoms with E-state index in [4.69, 9.17) is 4.74 Å². The first kappa shape index (κ1) is 15.1. The summed E-state index contributed by atoms with van der Waals surface area (Å²) in [5.41, 5.74) is 0.707. The summed E-state index contributed by atoms with van der Waals surface area (Å²) in [5.74, 6) is 2.75. The van der Waals surface area contributed by atoms with Crippen molar-refractivity contribution in [2.24, 2.45) is 23.2 Å². The lowest BCUT2D eigenvalue weighted by molar-refractivity contribution is -0.153. The summed E-state index contributed by atoms with van der Waals surface area (Å²) in [6, 6.07) is 0. The summed E-state index contributed by atoms with van der Waals surface area (Å²) in [5, 5.41) is 0. The number of hydrogen-bond acceptors (Lipinski definition) is 2. The van der Waals surface area contributed by atoms with Crippen LogP contribution < -0.4 is 0 Å². The van der Waals surface area contributed by atoms with E-state index in [1.165, 1.54) is 44.9 Å². The fourth-order valence-corrected chi connectivity index (χ4v) is 5.55. The third-order valence-electron chi connectivity index (χ3n) is 6.14. The zero-order chi connectivity index (χ0) is 15.3. The second-order valence-electron chi connectivity index (χ2n) is 8.85. The summed E-state index contributed by atoms with van der Waals surface area (Å²) in [6.07, 6.45) is 11.0. The summed E-state index contributed by atoms with van der Waals surface area (Å²) >= 11 is 0. The van der Waals surface area contributed by atoms with Crippen LogP contribution >= 0.6 is 0 Å². The van der Waals surface area contributed by atoms with Gasteiger partial charge in [-0.2, -0.15) is 0 Å². The number of rotatable bonds is 5. The van der Waals surface area contributed by atoms with Crippen molar-refractivity contribution >= 4 is 5.97 Å². The van der Waals surface area contributed by atoms with Crippen molar-refractivity contribution in [2.45, 2.75) is 77.7 Å². The van der Waals surface area contributed by atoms with Crippen molar-refractivity contribution in [3.8, 4) is 0 Å². The molecule has 118 valence electrons. The van der Waals surface area contributed by atoms with Gasteiger partial charge < -0.3 is 4.74 Å². The molecule has 2 nitrogen and oxygen atoms in total. The Morgan fingerprint density at radius 2 is 1.62 bits per heavy atom. The lowest BCUT2D eigenvalue weighted by Crippen LogP contribution is -2.46. The third kappa shape index (κ3) is 3.19. The van der Waals surface area contributed by atoms with E-state index in [0.717, 1.165) is 24.2 Å². The lowest BCUT2D eigenvalue weighted by atomic mass is 9.48. The molecule has 4 aliphatic carbocycles. The summed E-state index contributed by atoms with van der Waals surface area (Å²) in [7, 11) is 0. The lowest BCUT2D eigenvalue weighted by Gasteiger charge is -2.57. The average molecular weight is 290 g/mol. The first-order chi connectivity index (χ1) is 9.77. The van der Waals surface area contributed by atoms with E-state index in [-0.39, 0.29) is 11.6 Å². The second kappa shape index (κ2) is 5.14. The third-order valence-corrected chi connectivity index (χ3v) is 6.14. The highest BCUT2D eigenvalue weighted by atomic mass is 16.6. The van der Waals surface area contributed by atoms with Gasteiger partial charge in [-0.1, -0.05) is 6.58 Å². The van der Waals surface area contributed by atoms with Crippen molar-refractivity contribution in [1.29, 1.82) is 0 Å². The predicted octanol–water partition coefficient (Wildman–Crippen LogP) is 4.88. The highest BCUT2D eigenvalue weighted by Crippen LogP contribution is 2.61. The Morgan fingerprint density at radius 3 is 2.05 bits per heavy atom. The minimum absolute atomic E-state index is 0.245. The molecule has 21 heavy (non-hydrogen) atoms. The molecule has 4 fully saturated rings. The molecule has 0 unspecified atom stereocenters. The highest BCUT2D eigenvalue weighted by Gasteiger charge is 2.50. The van der Waals surface area contributed by atoms with Crippen molar-refractivity contribution < 1.29 is 9.53 Å². The first-order valence-electron chi connectivity index (χ1n) is 8.66. The summed E-state index contributed by atoms with van der Waals surface area (Å²) in [4.78, 5) is 11.8. The standard InChI is InChI=1S/C19H30O2/c1-13(2)17(20)21-18(3,4)5-6-19-10-14-7-15(11-19)9-16(8-14)12-19/h14-16H,1,5-12H2,2-4H3. The van der Waals surface area contributed by atoms with Crippen molar-refractivity contribution in [3.63, 3.8) is 0 Å². The maximum absolute atomic E-state index is 11.8. The molecule has 0 radical (unpaired) electrons. The number of esters is 1. The van der Waals surface area contributed by atoms with Crippen LogP contribution in [0, 0.1) is 23.2 Å². The van der Waals surface area contributed by atoms with Gasteiger partial charge in [-0.3, -0.25) is 0 Å². The smallest absolute Gasteiger partial charge is 0.333 e. The van der Waals surface area contributed by atoms with Crippen LogP contribution in [0.1, 0.15) is 72.1 Å². The first-order valence-corrected chi connectivity index (χ1v) is 8.66. The Hall–Kier alpha value is -0.790. The van der Waals surface area contributed by atoms with Crippen LogP contribution in [0.5, 0.6) is 0 Å². The van der Waals surface area contributed by atoms with Gasteiger partial charge in [0.15, 0.2) is 0 Å². The summed E-state index contributed by atoms with van der Waals surface area (Å²) < 4.78 is 5.62. The van der Waals surface area contributed by atoms with Crippen LogP contribution in [-0.2, 0) is 9.53 Å². The molecular weight excluding hydrogens is 260 g/mol. The molecule has 0 aromatic rings. The maximum atomic E-state index is 11.8. The van der Waals surface area contributed by atoms with Crippen molar-refractivity contribution in [1.82, 2.24) is 0 Å². The molecule has 0 saturated heterocycles. The largest absolute Gasteiger partial charge is 0.456 e. The highest BCUT2D eigenvalue weighted by molar-refractivity contribution is 5.87. The molecule has 0 atom stereocenters. The zero-order valence-corrected chi connectivity index (χ0v) is 13.9. The minimum Gasteiger partial charge on any atom is -0.456 e. The van der Waals surface area contributed by atoms with Crippen LogP contribution in [-0.4, -0.2) is 11.6 Å². The molecule has 0 aromatic heterocycles. The Labute approximate surface area is 129 Å². The number of carbonyl (C=O) groups excluding carboxylic acids is 1. The van der Waals surface area contributed by atoms with Crippen LogP contribution in [0.25, 0.3) is 0 Å². The van der Waals surface area contributed by atoms with Gasteiger partial charge in [0.2, 0.25) is 0 Å². The Bertz CT molecular complexity index is 411. The molecule has 4 saturated carbocycles. The minimum atomic E-state index is -0.362. The fraction of sp³-hybridized carbons (Fsp3) is 0.842. The Balaban J connectivity index is 1.59. The van der Waals surface area contributed by atoms with Crippen LogP contribution in [0.15, 0.2) is 12.2 Å². The molecule has 0 N–H and O–H groups in total. The van der Waals surface area contributed by atoms with E-state index in [9.17, 15) is 4.79 Å². The van der Waals surface area contributed by atoms with Crippen LogP contribution in [0.3, 0.4) is 0 Å². The van der Waals surface area contributed by atoms with Crippen LogP contribution in [0.2, 0.25) is 0 Å². The normalized spacial score (nSPS) is 37.6. The van der Waals surface area contributed by atoms with E-state index < -0.39 is 0 Å². The Morgan fingerprint density at radius 1 is 1.14 bits per heavy atom. The van der Waals surface area contributed by atoms with Gasteiger partial charge in [-0.15, -0.1) is 0 Å². The van der Waals surface area contributed by atoms with Gasteiger partial charge in [0.1, 0.15) is 5.60 Å². The topological polar surface area (TPSA) is 26.3 Å². The molecule has 4 bridgehead atoms. The Kier molecular flexibility index (Phi) is 3.70. The molecular formula is C19H30O2. The molecule has 0 aromatic carbocycles. The van der Waals surface area contributed by atoms with Crippen molar-refractivity contribution in [3.05, 3.63) is 12.2 Å². The molecule has 0 aliphatic heterocycles. The number of ether oxygens (including phenoxy) is 1. The fourth-order valence-electron chi connectivity index (χ4n) is 5.55. The van der Waals surface area contributed by atoms with Gasteiger partial charge in [0, 0.05) is 5.57 Å². The van der Waals surface area contributed by atoms with Crippen molar-refractivity contribution in [2.75, 3.05) is 0 Å². The van der Waals surface area contributed by atoms with Crippen LogP contribution in [0.4, 0.5) is 0 Å². The van der Waals surface area contributed by atoms with E-state index in [1.807, 2.05) is 13.8 Å². The second-order valence-corrected chi connectivity index (χ2v) is 8.85. The van der Waals surface area contributed by atoms with E-state index >= 15 is 0 Å². The molecule has 0 amide bonds. The van der Waals surface area contributed by atoms with Gasteiger partial charge in [-0.25, -0.2) is 4.79 Å². The SMILES string of the molecule is C=C(C)C(=O)OC(C)(C)CCC12CC3CC(CC(C3)C1)C2. The van der Waals surface area contributed by atoms with E-state index in [1.54, 1.807) is 6.92 Å². The molecule has 2 heteroatoms. The number of hydrogen-bond donors (Lipinski definition) is 0. The number of carbonyl (C=O) groups is 1. The quantitative estimate of drug-likeness (QED) is 0.533. The van der Waals surface area contributed by atoms with Gasteiger partial charge >= 0.3 is 5.97 Å². The average Bonchev–Trinajstić information content (AvgIpc) is 2.34. The molecule has 0 heterocycles. The summed E-state index contributed by atoms with van der Waals surface area (Å²) in [6.45, 7) is 9.50.